The van der Waals surface area contributed by atoms with Crippen LogP contribution < -0.4 is 5.32 Å². The fraction of sp³-hybridized carbons (Fsp3) is 1.00. The molecule has 1 saturated carbocycles. The van der Waals surface area contributed by atoms with Crippen LogP contribution in [-0.2, 0) is 4.74 Å². The quantitative estimate of drug-likeness (QED) is 0.775. The molecule has 0 amide bonds. The molecule has 3 unspecified atom stereocenters. The van der Waals surface area contributed by atoms with Crippen LogP contribution in [0.4, 0.5) is 0 Å². The minimum atomic E-state index is 0.256. The molecule has 2 fully saturated rings. The van der Waals surface area contributed by atoms with Crippen LogP contribution in [-0.4, -0.2) is 24.8 Å². The molecule has 1 N–H and O–H groups in total. The molecule has 2 aliphatic rings. The van der Waals surface area contributed by atoms with E-state index in [0.29, 0.717) is 6.04 Å². The Morgan fingerprint density at radius 2 is 2.13 bits per heavy atom. The van der Waals surface area contributed by atoms with Gasteiger partial charge in [-0.3, -0.25) is 0 Å². The lowest BCUT2D eigenvalue weighted by atomic mass is 9.87. The van der Waals surface area contributed by atoms with Gasteiger partial charge in [-0.1, -0.05) is 20.3 Å². The van der Waals surface area contributed by atoms with Crippen molar-refractivity contribution >= 4 is 0 Å². The largest absolute Gasteiger partial charge is 0.375 e. The summed E-state index contributed by atoms with van der Waals surface area (Å²) in [6.07, 6.45) is 7.77. The van der Waals surface area contributed by atoms with Crippen LogP contribution in [0.1, 0.15) is 52.4 Å². The van der Waals surface area contributed by atoms with Gasteiger partial charge < -0.3 is 10.1 Å². The van der Waals surface area contributed by atoms with E-state index in [4.69, 9.17) is 4.74 Å². The second-order valence-corrected chi connectivity index (χ2v) is 5.30. The fourth-order valence-corrected chi connectivity index (χ4v) is 3.35. The number of nitrogens with one attached hydrogen (secondary N) is 1. The van der Waals surface area contributed by atoms with Gasteiger partial charge in [0.25, 0.3) is 0 Å². The van der Waals surface area contributed by atoms with E-state index >= 15 is 0 Å². The maximum atomic E-state index is 6.10. The molecule has 1 saturated heterocycles. The van der Waals surface area contributed by atoms with Crippen LogP contribution in [0.2, 0.25) is 0 Å². The normalized spacial score (nSPS) is 41.2. The van der Waals surface area contributed by atoms with Crippen LogP contribution in [0.15, 0.2) is 0 Å². The lowest BCUT2D eigenvalue weighted by molar-refractivity contribution is -0.0857. The van der Waals surface area contributed by atoms with Gasteiger partial charge in [-0.2, -0.15) is 0 Å². The highest BCUT2D eigenvalue weighted by Gasteiger charge is 2.42. The Morgan fingerprint density at radius 1 is 1.27 bits per heavy atom. The van der Waals surface area contributed by atoms with Crippen molar-refractivity contribution in [1.29, 1.82) is 0 Å². The van der Waals surface area contributed by atoms with Gasteiger partial charge in [0.1, 0.15) is 0 Å². The zero-order chi connectivity index (χ0) is 10.7. The average Bonchev–Trinajstić information content (AvgIpc) is 2.62. The number of ether oxygens (including phenoxy) is 1. The third kappa shape index (κ3) is 2.54. The molecule has 1 aliphatic heterocycles. The topological polar surface area (TPSA) is 21.3 Å². The van der Waals surface area contributed by atoms with Gasteiger partial charge >= 0.3 is 0 Å². The molecular formula is C13H25NO. The van der Waals surface area contributed by atoms with E-state index in [2.05, 4.69) is 19.2 Å². The van der Waals surface area contributed by atoms with Crippen LogP contribution in [0.3, 0.4) is 0 Å². The Kier molecular flexibility index (Phi) is 3.68. The number of hydrogen-bond acceptors (Lipinski definition) is 2. The monoisotopic (exact) mass is 211 g/mol. The standard InChI is InChI=1S/C13H25NO/c1-3-11-5-7-13(9-11)10-12(14-4-2)6-8-15-13/h11-12,14H,3-10H2,1-2H3. The SMILES string of the molecule is CCNC1CCOC2(CCC(CC)C2)C1. The molecule has 2 rings (SSSR count). The summed E-state index contributed by atoms with van der Waals surface area (Å²) in [5, 5.41) is 3.59. The van der Waals surface area contributed by atoms with Crippen molar-refractivity contribution in [3.63, 3.8) is 0 Å². The Hall–Kier alpha value is -0.0800. The predicted molar refractivity (Wildman–Crippen MR) is 63.0 cm³/mol. The first-order valence-corrected chi connectivity index (χ1v) is 6.65. The maximum absolute atomic E-state index is 6.10. The first kappa shape index (κ1) is 11.4. The summed E-state index contributed by atoms with van der Waals surface area (Å²) in [7, 11) is 0. The highest BCUT2D eigenvalue weighted by atomic mass is 16.5. The summed E-state index contributed by atoms with van der Waals surface area (Å²) in [4.78, 5) is 0. The molecule has 0 aromatic carbocycles. The lowest BCUT2D eigenvalue weighted by Gasteiger charge is -2.39. The van der Waals surface area contributed by atoms with Crippen LogP contribution >= 0.6 is 0 Å². The summed E-state index contributed by atoms with van der Waals surface area (Å²) in [5.41, 5.74) is 0.256. The summed E-state index contributed by atoms with van der Waals surface area (Å²) in [5.74, 6) is 0.922. The Morgan fingerprint density at radius 3 is 2.80 bits per heavy atom. The molecule has 0 bridgehead atoms. The van der Waals surface area contributed by atoms with E-state index in [-0.39, 0.29) is 5.60 Å². The Balaban J connectivity index is 1.91. The second kappa shape index (κ2) is 4.84. The van der Waals surface area contributed by atoms with Crippen molar-refractivity contribution in [3.8, 4) is 0 Å². The van der Waals surface area contributed by atoms with E-state index < -0.39 is 0 Å². The van der Waals surface area contributed by atoms with E-state index in [9.17, 15) is 0 Å². The fourth-order valence-electron chi connectivity index (χ4n) is 3.35. The van der Waals surface area contributed by atoms with Crippen LogP contribution in [0, 0.1) is 5.92 Å². The summed E-state index contributed by atoms with van der Waals surface area (Å²) in [6.45, 7) is 6.58. The van der Waals surface area contributed by atoms with Gasteiger partial charge in [0.15, 0.2) is 0 Å². The Bertz CT molecular complexity index is 205. The zero-order valence-electron chi connectivity index (χ0n) is 10.2. The molecule has 3 atom stereocenters. The van der Waals surface area contributed by atoms with Gasteiger partial charge in [-0.05, 0) is 44.6 Å². The van der Waals surface area contributed by atoms with E-state index in [1.807, 2.05) is 0 Å². The third-order valence-electron chi connectivity index (χ3n) is 4.23. The second-order valence-electron chi connectivity index (χ2n) is 5.30. The molecule has 15 heavy (non-hydrogen) atoms. The van der Waals surface area contributed by atoms with Crippen molar-refractivity contribution in [2.75, 3.05) is 13.2 Å². The van der Waals surface area contributed by atoms with E-state index in [1.165, 1.54) is 38.5 Å². The molecule has 0 radical (unpaired) electrons. The van der Waals surface area contributed by atoms with E-state index in [0.717, 1.165) is 19.1 Å². The molecule has 0 aromatic heterocycles. The maximum Gasteiger partial charge on any atom is 0.0700 e. The van der Waals surface area contributed by atoms with Gasteiger partial charge in [0, 0.05) is 12.6 Å². The number of hydrogen-bond donors (Lipinski definition) is 1. The van der Waals surface area contributed by atoms with E-state index in [1.54, 1.807) is 0 Å². The molecule has 1 heterocycles. The van der Waals surface area contributed by atoms with Crippen LogP contribution in [0.5, 0.6) is 0 Å². The Labute approximate surface area is 93.8 Å². The number of rotatable bonds is 3. The highest BCUT2D eigenvalue weighted by molar-refractivity contribution is 4.96. The smallest absolute Gasteiger partial charge is 0.0700 e. The molecular weight excluding hydrogens is 186 g/mol. The average molecular weight is 211 g/mol. The molecule has 1 spiro atoms. The molecule has 88 valence electrons. The summed E-state index contributed by atoms with van der Waals surface area (Å²) >= 11 is 0. The molecule has 2 nitrogen and oxygen atoms in total. The van der Waals surface area contributed by atoms with Gasteiger partial charge in [0.2, 0.25) is 0 Å². The van der Waals surface area contributed by atoms with Crippen molar-refractivity contribution in [2.24, 2.45) is 5.92 Å². The minimum absolute atomic E-state index is 0.256. The molecule has 2 heteroatoms. The van der Waals surface area contributed by atoms with Crippen molar-refractivity contribution in [3.05, 3.63) is 0 Å². The van der Waals surface area contributed by atoms with Crippen molar-refractivity contribution < 1.29 is 4.74 Å². The molecule has 0 aromatic rings. The van der Waals surface area contributed by atoms with Gasteiger partial charge in [-0.15, -0.1) is 0 Å². The molecule has 1 aliphatic carbocycles. The van der Waals surface area contributed by atoms with Gasteiger partial charge in [0.05, 0.1) is 5.60 Å². The summed E-state index contributed by atoms with van der Waals surface area (Å²) in [6, 6.07) is 0.708. The van der Waals surface area contributed by atoms with Crippen molar-refractivity contribution in [1.82, 2.24) is 5.32 Å². The first-order valence-electron chi connectivity index (χ1n) is 6.65. The van der Waals surface area contributed by atoms with Crippen molar-refractivity contribution in [2.45, 2.75) is 64.0 Å². The zero-order valence-corrected chi connectivity index (χ0v) is 10.2. The first-order chi connectivity index (χ1) is 7.28. The summed E-state index contributed by atoms with van der Waals surface area (Å²) < 4.78 is 6.10. The third-order valence-corrected chi connectivity index (χ3v) is 4.23. The minimum Gasteiger partial charge on any atom is -0.375 e. The predicted octanol–water partition coefficient (Wildman–Crippen LogP) is 2.72. The highest BCUT2D eigenvalue weighted by Crippen LogP contribution is 2.44. The lowest BCUT2D eigenvalue weighted by Crippen LogP contribution is -2.45. The van der Waals surface area contributed by atoms with Crippen LogP contribution in [0.25, 0.3) is 0 Å². The van der Waals surface area contributed by atoms with Gasteiger partial charge in [-0.25, -0.2) is 0 Å².